The Morgan fingerprint density at radius 1 is 1.09 bits per heavy atom. The molecule has 3 rings (SSSR count). The molecule has 0 atom stereocenters. The second-order valence-corrected chi connectivity index (χ2v) is 7.00. The molecule has 0 aliphatic carbocycles. The fourth-order valence-corrected chi connectivity index (χ4v) is 3.33. The van der Waals surface area contributed by atoms with E-state index in [1.165, 1.54) is 5.56 Å². The van der Waals surface area contributed by atoms with Crippen molar-refractivity contribution in [3.8, 4) is 0 Å². The number of nitrogens with zero attached hydrogens (tertiary/aromatic N) is 2. The summed E-state index contributed by atoms with van der Waals surface area (Å²) in [7, 11) is 0. The molecule has 3 nitrogen and oxygen atoms in total. The van der Waals surface area contributed by atoms with Crippen LogP contribution in [0.1, 0.15) is 11.1 Å². The molecule has 120 valence electrons. The summed E-state index contributed by atoms with van der Waals surface area (Å²) in [5.41, 5.74) is 2.34. The van der Waals surface area contributed by atoms with Gasteiger partial charge in [0.05, 0.1) is 32.4 Å². The van der Waals surface area contributed by atoms with Gasteiger partial charge in [-0.05, 0) is 12.1 Å². The number of piperazine rings is 1. The van der Waals surface area contributed by atoms with E-state index in [0.717, 1.165) is 47.8 Å². The summed E-state index contributed by atoms with van der Waals surface area (Å²) < 4.78 is 1.08. The fourth-order valence-electron chi connectivity index (χ4n) is 2.74. The van der Waals surface area contributed by atoms with Crippen LogP contribution in [-0.2, 0) is 6.54 Å². The molecule has 0 saturated carbocycles. The Hall–Kier alpha value is -1.36. The number of hydrogen-bond donors (Lipinski definition) is 1. The van der Waals surface area contributed by atoms with E-state index >= 15 is 0 Å². The zero-order chi connectivity index (χ0) is 16.1. The summed E-state index contributed by atoms with van der Waals surface area (Å²) >= 11 is 9.80. The molecule has 1 N–H and O–H groups in total. The summed E-state index contributed by atoms with van der Waals surface area (Å²) in [6, 6.07) is 16.3. The molecular weight excluding hydrogens is 374 g/mol. The third-order valence-electron chi connectivity index (χ3n) is 4.11. The van der Waals surface area contributed by atoms with Crippen LogP contribution in [0.25, 0.3) is 0 Å². The lowest BCUT2D eigenvalue weighted by atomic mass is 10.2. The molecule has 0 spiro atoms. The Morgan fingerprint density at radius 2 is 1.78 bits per heavy atom. The summed E-state index contributed by atoms with van der Waals surface area (Å²) in [5.74, 6) is 0. The average Bonchev–Trinajstić information content (AvgIpc) is 2.57. The fraction of sp³-hybridized carbons (Fsp3) is 0.278. The molecule has 1 aliphatic rings. The Kier molecular flexibility index (Phi) is 5.70. The monoisotopic (exact) mass is 392 g/mol. The van der Waals surface area contributed by atoms with E-state index in [2.05, 4.69) is 44.2 Å². The van der Waals surface area contributed by atoms with Crippen LogP contribution >= 0.6 is 27.5 Å². The van der Waals surface area contributed by atoms with Crippen molar-refractivity contribution in [2.75, 3.05) is 26.2 Å². The predicted octanol–water partition coefficient (Wildman–Crippen LogP) is 2.84. The minimum Gasteiger partial charge on any atom is -0.328 e. The van der Waals surface area contributed by atoms with Gasteiger partial charge in [-0.1, -0.05) is 63.9 Å². The third kappa shape index (κ3) is 4.56. The quantitative estimate of drug-likeness (QED) is 0.792. The van der Waals surface area contributed by atoms with E-state index in [9.17, 15) is 0 Å². The maximum absolute atomic E-state index is 6.25. The second kappa shape index (κ2) is 7.95. The van der Waals surface area contributed by atoms with Crippen molar-refractivity contribution in [3.05, 3.63) is 69.2 Å². The zero-order valence-electron chi connectivity index (χ0n) is 12.9. The van der Waals surface area contributed by atoms with Gasteiger partial charge >= 0.3 is 0 Å². The van der Waals surface area contributed by atoms with Gasteiger partial charge in [-0.3, -0.25) is 5.01 Å². The summed E-state index contributed by atoms with van der Waals surface area (Å²) in [6.45, 7) is 5.10. The van der Waals surface area contributed by atoms with Gasteiger partial charge < -0.3 is 4.90 Å². The SMILES string of the molecule is Clc1ccccc1C[NH+]1CCN(N=Cc2ccccc2Br)CC1. The van der Waals surface area contributed by atoms with Crippen LogP contribution in [0.4, 0.5) is 0 Å². The van der Waals surface area contributed by atoms with Gasteiger partial charge in [0.15, 0.2) is 0 Å². The lowest BCUT2D eigenvalue weighted by molar-refractivity contribution is -0.918. The zero-order valence-corrected chi connectivity index (χ0v) is 15.2. The number of hydrogen-bond acceptors (Lipinski definition) is 2. The Morgan fingerprint density at radius 3 is 2.52 bits per heavy atom. The Bertz CT molecular complexity index is 681. The summed E-state index contributed by atoms with van der Waals surface area (Å²) in [6.07, 6.45) is 1.93. The first-order chi connectivity index (χ1) is 11.2. The number of rotatable bonds is 4. The minimum absolute atomic E-state index is 0.870. The number of nitrogens with one attached hydrogen (secondary N) is 1. The molecule has 1 aliphatic heterocycles. The molecular formula is C18H20BrClN3+. The molecule has 0 bridgehead atoms. The number of benzene rings is 2. The Balaban J connectivity index is 1.53. The van der Waals surface area contributed by atoms with Crippen molar-refractivity contribution in [1.29, 1.82) is 0 Å². The van der Waals surface area contributed by atoms with Crippen LogP contribution in [0.5, 0.6) is 0 Å². The highest BCUT2D eigenvalue weighted by Crippen LogP contribution is 2.14. The normalized spacial score (nSPS) is 16.2. The Labute approximate surface area is 150 Å². The number of hydrazone groups is 1. The van der Waals surface area contributed by atoms with Gasteiger partial charge in [0.2, 0.25) is 0 Å². The van der Waals surface area contributed by atoms with Gasteiger partial charge in [0.1, 0.15) is 6.54 Å². The van der Waals surface area contributed by atoms with Gasteiger partial charge in [-0.15, -0.1) is 0 Å². The van der Waals surface area contributed by atoms with Gasteiger partial charge in [0, 0.05) is 20.6 Å². The van der Waals surface area contributed by atoms with E-state index in [4.69, 9.17) is 11.6 Å². The molecule has 1 heterocycles. The van der Waals surface area contributed by atoms with Crippen LogP contribution in [0.15, 0.2) is 58.1 Å². The molecule has 1 fully saturated rings. The van der Waals surface area contributed by atoms with Crippen molar-refractivity contribution in [1.82, 2.24) is 5.01 Å². The molecule has 2 aromatic carbocycles. The van der Waals surface area contributed by atoms with Gasteiger partial charge in [0.25, 0.3) is 0 Å². The van der Waals surface area contributed by atoms with Crippen LogP contribution in [0.3, 0.4) is 0 Å². The van der Waals surface area contributed by atoms with Crippen LogP contribution < -0.4 is 4.90 Å². The summed E-state index contributed by atoms with van der Waals surface area (Å²) in [4.78, 5) is 1.56. The van der Waals surface area contributed by atoms with Crippen molar-refractivity contribution in [2.24, 2.45) is 5.10 Å². The maximum Gasteiger partial charge on any atom is 0.104 e. The molecule has 0 unspecified atom stereocenters. The van der Waals surface area contributed by atoms with E-state index in [-0.39, 0.29) is 0 Å². The largest absolute Gasteiger partial charge is 0.328 e. The average molecular weight is 394 g/mol. The number of quaternary nitrogens is 1. The first-order valence-corrected chi connectivity index (χ1v) is 9.00. The number of halogens is 2. The second-order valence-electron chi connectivity index (χ2n) is 5.74. The van der Waals surface area contributed by atoms with Gasteiger partial charge in [-0.2, -0.15) is 5.10 Å². The standard InChI is InChI=1S/C18H19BrClN3/c19-17-7-3-1-5-15(17)13-21-23-11-9-22(10-12-23)14-16-6-2-4-8-18(16)20/h1-8,13H,9-12,14H2/p+1. The highest BCUT2D eigenvalue weighted by Gasteiger charge is 2.19. The van der Waals surface area contributed by atoms with Crippen molar-refractivity contribution < 1.29 is 4.90 Å². The molecule has 1 saturated heterocycles. The van der Waals surface area contributed by atoms with E-state index in [1.807, 2.05) is 36.5 Å². The molecule has 2 aromatic rings. The first-order valence-electron chi connectivity index (χ1n) is 7.83. The van der Waals surface area contributed by atoms with Crippen molar-refractivity contribution >= 4 is 33.7 Å². The predicted molar refractivity (Wildman–Crippen MR) is 99.2 cm³/mol. The van der Waals surface area contributed by atoms with E-state index in [1.54, 1.807) is 4.90 Å². The highest BCUT2D eigenvalue weighted by atomic mass is 79.9. The van der Waals surface area contributed by atoms with Crippen molar-refractivity contribution in [2.45, 2.75) is 6.54 Å². The molecule has 0 aromatic heterocycles. The van der Waals surface area contributed by atoms with Crippen LogP contribution in [-0.4, -0.2) is 37.4 Å². The van der Waals surface area contributed by atoms with Gasteiger partial charge in [-0.25, -0.2) is 0 Å². The topological polar surface area (TPSA) is 20.0 Å². The summed E-state index contributed by atoms with van der Waals surface area (Å²) in [5, 5.41) is 7.63. The lowest BCUT2D eigenvalue weighted by Crippen LogP contribution is -3.13. The van der Waals surface area contributed by atoms with Crippen LogP contribution in [0, 0.1) is 0 Å². The molecule has 5 heteroatoms. The maximum atomic E-state index is 6.25. The third-order valence-corrected chi connectivity index (χ3v) is 5.20. The lowest BCUT2D eigenvalue weighted by Gasteiger charge is -2.30. The van der Waals surface area contributed by atoms with E-state index in [0.29, 0.717) is 0 Å². The highest BCUT2D eigenvalue weighted by molar-refractivity contribution is 9.10. The smallest absolute Gasteiger partial charge is 0.104 e. The molecule has 23 heavy (non-hydrogen) atoms. The minimum atomic E-state index is 0.870. The van der Waals surface area contributed by atoms with Crippen molar-refractivity contribution in [3.63, 3.8) is 0 Å². The van der Waals surface area contributed by atoms with E-state index < -0.39 is 0 Å². The molecule has 0 radical (unpaired) electrons. The first kappa shape index (κ1) is 16.5. The molecule has 0 amide bonds. The van der Waals surface area contributed by atoms with Crippen LogP contribution in [0.2, 0.25) is 5.02 Å².